The lowest BCUT2D eigenvalue weighted by molar-refractivity contribution is 0.468. The van der Waals surface area contributed by atoms with Crippen molar-refractivity contribution >= 4 is 0 Å². The van der Waals surface area contributed by atoms with E-state index in [4.69, 9.17) is 4.74 Å². The Balaban J connectivity index is 1.65. The van der Waals surface area contributed by atoms with E-state index in [0.717, 1.165) is 37.2 Å². The first-order chi connectivity index (χ1) is 21.1. The lowest BCUT2D eigenvalue weighted by Crippen LogP contribution is -2.18. The number of benzene rings is 4. The Morgan fingerprint density at radius 3 is 1.33 bits per heavy atom. The van der Waals surface area contributed by atoms with Crippen LogP contribution in [0.5, 0.6) is 11.5 Å². The molecule has 0 aliphatic heterocycles. The van der Waals surface area contributed by atoms with E-state index in [9.17, 15) is 0 Å². The van der Waals surface area contributed by atoms with Gasteiger partial charge in [-0.3, -0.25) is 0 Å². The maximum Gasteiger partial charge on any atom is 0.127 e. The Hall–Kier alpha value is -3.40. The van der Waals surface area contributed by atoms with Gasteiger partial charge in [-0.25, -0.2) is 0 Å². The SMILES string of the molecule is CCCCCC(NC)c1cc(Oc2ccc(Cc3ccccc3)c(C(CCCCC)NC)c2)ccc1Cc1ccccc1. The van der Waals surface area contributed by atoms with E-state index < -0.39 is 0 Å². The molecule has 0 bridgehead atoms. The molecule has 3 nitrogen and oxygen atoms in total. The van der Waals surface area contributed by atoms with Gasteiger partial charge in [-0.1, -0.05) is 125 Å². The van der Waals surface area contributed by atoms with Crippen molar-refractivity contribution in [1.82, 2.24) is 10.6 Å². The Morgan fingerprint density at radius 2 is 0.953 bits per heavy atom. The highest BCUT2D eigenvalue weighted by Crippen LogP contribution is 2.34. The zero-order valence-corrected chi connectivity index (χ0v) is 26.9. The predicted molar refractivity (Wildman–Crippen MR) is 183 cm³/mol. The van der Waals surface area contributed by atoms with Crippen LogP contribution in [0.4, 0.5) is 0 Å². The molecule has 2 atom stereocenters. The Labute approximate surface area is 261 Å². The molecular weight excluding hydrogens is 524 g/mol. The van der Waals surface area contributed by atoms with E-state index in [2.05, 4.69) is 136 Å². The molecule has 0 aliphatic rings. The maximum absolute atomic E-state index is 6.66. The highest BCUT2D eigenvalue weighted by molar-refractivity contribution is 5.45. The largest absolute Gasteiger partial charge is 0.457 e. The van der Waals surface area contributed by atoms with Gasteiger partial charge < -0.3 is 15.4 Å². The fraction of sp³-hybridized carbons (Fsp3) is 0.400. The second-order valence-corrected chi connectivity index (χ2v) is 11.8. The third kappa shape index (κ3) is 9.81. The molecule has 0 fully saturated rings. The summed E-state index contributed by atoms with van der Waals surface area (Å²) >= 11 is 0. The van der Waals surface area contributed by atoms with Crippen molar-refractivity contribution in [3.05, 3.63) is 130 Å². The summed E-state index contributed by atoms with van der Waals surface area (Å²) in [5.41, 5.74) is 8.07. The molecule has 0 amide bonds. The first kappa shape index (κ1) is 32.5. The number of nitrogens with one attached hydrogen (secondary N) is 2. The minimum atomic E-state index is 0.296. The molecule has 3 heteroatoms. The Morgan fingerprint density at radius 1 is 0.535 bits per heavy atom. The van der Waals surface area contributed by atoms with Crippen molar-refractivity contribution in [3.8, 4) is 11.5 Å². The van der Waals surface area contributed by atoms with Crippen molar-refractivity contribution in [3.63, 3.8) is 0 Å². The molecule has 0 aliphatic carbocycles. The van der Waals surface area contributed by atoms with Gasteiger partial charge in [0.1, 0.15) is 11.5 Å². The van der Waals surface area contributed by atoms with Crippen molar-refractivity contribution in [1.29, 1.82) is 0 Å². The Bertz CT molecular complexity index is 1250. The summed E-state index contributed by atoms with van der Waals surface area (Å²) in [6, 6.07) is 35.5. The van der Waals surface area contributed by atoms with E-state index in [-0.39, 0.29) is 0 Å². The fourth-order valence-corrected chi connectivity index (χ4v) is 6.12. The van der Waals surface area contributed by atoms with Crippen LogP contribution in [0, 0.1) is 0 Å². The lowest BCUT2D eigenvalue weighted by Gasteiger charge is -2.23. The standard InChI is InChI=1S/C40H52N2O/c1-5-7-11-21-39(41-3)37-29-35(25-23-33(37)27-31-17-13-9-14-18-31)43-36-26-24-34(28-32-19-15-10-16-20-32)38(30-36)40(42-4)22-12-8-6-2/h9-10,13-20,23-26,29-30,39-42H,5-8,11-12,21-22,27-28H2,1-4H3. The first-order valence-corrected chi connectivity index (χ1v) is 16.5. The molecule has 4 aromatic carbocycles. The van der Waals surface area contributed by atoms with Crippen LogP contribution >= 0.6 is 0 Å². The summed E-state index contributed by atoms with van der Waals surface area (Å²) in [7, 11) is 4.18. The smallest absolute Gasteiger partial charge is 0.127 e. The number of hydrogen-bond acceptors (Lipinski definition) is 3. The minimum absolute atomic E-state index is 0.296. The van der Waals surface area contributed by atoms with E-state index >= 15 is 0 Å². The first-order valence-electron chi connectivity index (χ1n) is 16.5. The maximum atomic E-state index is 6.66. The molecule has 0 saturated carbocycles. The molecule has 2 N–H and O–H groups in total. The summed E-state index contributed by atoms with van der Waals surface area (Å²) in [6.07, 6.45) is 11.5. The van der Waals surface area contributed by atoms with Crippen molar-refractivity contribution in [2.24, 2.45) is 0 Å². The summed E-state index contributed by atoms with van der Waals surface area (Å²) in [6.45, 7) is 4.54. The highest BCUT2D eigenvalue weighted by atomic mass is 16.5. The van der Waals surface area contributed by atoms with Gasteiger partial charge in [0, 0.05) is 12.1 Å². The molecule has 0 spiro atoms. The normalized spacial score (nSPS) is 12.7. The molecule has 4 rings (SSSR count). The predicted octanol–water partition coefficient (Wildman–Crippen LogP) is 10.3. The minimum Gasteiger partial charge on any atom is -0.457 e. The van der Waals surface area contributed by atoms with Crippen LogP contribution in [0.2, 0.25) is 0 Å². The monoisotopic (exact) mass is 576 g/mol. The number of unbranched alkanes of at least 4 members (excludes halogenated alkanes) is 4. The molecular formula is C40H52N2O. The van der Waals surface area contributed by atoms with Gasteiger partial charge >= 0.3 is 0 Å². The summed E-state index contributed by atoms with van der Waals surface area (Å²) < 4.78 is 6.66. The topological polar surface area (TPSA) is 33.3 Å². The van der Waals surface area contributed by atoms with Gasteiger partial charge in [0.15, 0.2) is 0 Å². The van der Waals surface area contributed by atoms with E-state index in [1.54, 1.807) is 0 Å². The van der Waals surface area contributed by atoms with E-state index in [0.29, 0.717) is 12.1 Å². The van der Waals surface area contributed by atoms with Gasteiger partial charge in [-0.05, 0) is 97.4 Å². The third-order valence-electron chi connectivity index (χ3n) is 8.59. The number of hydrogen-bond donors (Lipinski definition) is 2. The zero-order valence-electron chi connectivity index (χ0n) is 26.9. The summed E-state index contributed by atoms with van der Waals surface area (Å²) in [5.74, 6) is 1.80. The highest BCUT2D eigenvalue weighted by Gasteiger charge is 2.18. The molecule has 0 heterocycles. The van der Waals surface area contributed by atoms with E-state index in [1.807, 2.05) is 0 Å². The van der Waals surface area contributed by atoms with Gasteiger partial charge in [-0.2, -0.15) is 0 Å². The average Bonchev–Trinajstić information content (AvgIpc) is 3.04. The van der Waals surface area contributed by atoms with Crippen LogP contribution < -0.4 is 15.4 Å². The van der Waals surface area contributed by atoms with E-state index in [1.165, 1.54) is 71.9 Å². The van der Waals surface area contributed by atoms with Crippen molar-refractivity contribution < 1.29 is 4.74 Å². The van der Waals surface area contributed by atoms with Gasteiger partial charge in [0.25, 0.3) is 0 Å². The van der Waals surface area contributed by atoms with Crippen molar-refractivity contribution in [2.75, 3.05) is 14.1 Å². The van der Waals surface area contributed by atoms with Crippen LogP contribution in [0.25, 0.3) is 0 Å². The molecule has 4 aromatic rings. The fourth-order valence-electron chi connectivity index (χ4n) is 6.12. The molecule has 0 saturated heterocycles. The third-order valence-corrected chi connectivity index (χ3v) is 8.59. The second kappa shape index (κ2) is 17.7. The molecule has 43 heavy (non-hydrogen) atoms. The summed E-state index contributed by atoms with van der Waals surface area (Å²) in [5, 5.41) is 7.23. The number of ether oxygens (including phenoxy) is 1. The van der Waals surface area contributed by atoms with Gasteiger partial charge in [0.05, 0.1) is 0 Å². The van der Waals surface area contributed by atoms with Crippen LogP contribution in [0.1, 0.15) is 111 Å². The van der Waals surface area contributed by atoms with Crippen LogP contribution in [-0.2, 0) is 12.8 Å². The Kier molecular flexibility index (Phi) is 13.3. The zero-order chi connectivity index (χ0) is 30.3. The van der Waals surface area contributed by atoms with Gasteiger partial charge in [-0.15, -0.1) is 0 Å². The van der Waals surface area contributed by atoms with Crippen molar-refractivity contribution in [2.45, 2.75) is 90.1 Å². The second-order valence-electron chi connectivity index (χ2n) is 11.8. The molecule has 2 unspecified atom stereocenters. The lowest BCUT2D eigenvalue weighted by atomic mass is 9.91. The molecule has 0 aromatic heterocycles. The van der Waals surface area contributed by atoms with Gasteiger partial charge in [0.2, 0.25) is 0 Å². The van der Waals surface area contributed by atoms with Crippen LogP contribution in [0.3, 0.4) is 0 Å². The summed E-state index contributed by atoms with van der Waals surface area (Å²) in [4.78, 5) is 0. The quantitative estimate of drug-likeness (QED) is 0.116. The van der Waals surface area contributed by atoms with Crippen LogP contribution in [-0.4, -0.2) is 14.1 Å². The molecule has 228 valence electrons. The molecule has 0 radical (unpaired) electrons. The number of rotatable bonds is 18. The van der Waals surface area contributed by atoms with Crippen LogP contribution in [0.15, 0.2) is 97.1 Å². The average molecular weight is 577 g/mol.